The molecular formula is C13H11BrO4S. The first-order chi connectivity index (χ1) is 8.97. The lowest BCUT2D eigenvalue weighted by atomic mass is 10.2. The van der Waals surface area contributed by atoms with Crippen LogP contribution in [0.2, 0.25) is 0 Å². The summed E-state index contributed by atoms with van der Waals surface area (Å²) in [5.41, 5.74) is 0.582. The van der Waals surface area contributed by atoms with Gasteiger partial charge in [0.2, 0.25) is 0 Å². The lowest BCUT2D eigenvalue weighted by Gasteiger charge is -2.06. The summed E-state index contributed by atoms with van der Waals surface area (Å²) in [6, 6.07) is 12.5. The minimum absolute atomic E-state index is 0.0703. The molecule has 19 heavy (non-hydrogen) atoms. The van der Waals surface area contributed by atoms with Crippen molar-refractivity contribution >= 4 is 26.0 Å². The highest BCUT2D eigenvalue weighted by Crippen LogP contribution is 2.20. The molecule has 0 aromatic heterocycles. The van der Waals surface area contributed by atoms with Gasteiger partial charge in [-0.15, -0.1) is 0 Å². The van der Waals surface area contributed by atoms with Gasteiger partial charge in [-0.3, -0.25) is 4.18 Å². The average molecular weight is 343 g/mol. The fourth-order valence-electron chi connectivity index (χ4n) is 1.48. The zero-order chi connectivity index (χ0) is 13.9. The second-order valence-electron chi connectivity index (χ2n) is 3.84. The minimum Gasteiger partial charge on any atom is -0.508 e. The first-order valence-electron chi connectivity index (χ1n) is 5.40. The van der Waals surface area contributed by atoms with Crippen LogP contribution in [-0.4, -0.2) is 13.5 Å². The van der Waals surface area contributed by atoms with E-state index in [1.54, 1.807) is 24.3 Å². The zero-order valence-electron chi connectivity index (χ0n) is 9.78. The Morgan fingerprint density at radius 2 is 1.84 bits per heavy atom. The topological polar surface area (TPSA) is 63.6 Å². The molecule has 0 saturated carbocycles. The molecule has 2 aromatic carbocycles. The van der Waals surface area contributed by atoms with Crippen LogP contribution in [0.25, 0.3) is 0 Å². The van der Waals surface area contributed by atoms with Crippen molar-refractivity contribution in [2.45, 2.75) is 11.5 Å². The van der Waals surface area contributed by atoms with Crippen molar-refractivity contribution in [3.8, 4) is 5.75 Å². The second kappa shape index (κ2) is 5.73. The van der Waals surface area contributed by atoms with Gasteiger partial charge in [0.05, 0.1) is 11.5 Å². The summed E-state index contributed by atoms with van der Waals surface area (Å²) in [6.07, 6.45) is 0. The highest BCUT2D eigenvalue weighted by molar-refractivity contribution is 9.10. The third-order valence-electron chi connectivity index (χ3n) is 2.38. The van der Waals surface area contributed by atoms with Gasteiger partial charge in [-0.25, -0.2) is 0 Å². The molecule has 6 heteroatoms. The summed E-state index contributed by atoms with van der Waals surface area (Å²) in [5, 5.41) is 9.28. The Labute approximate surface area is 119 Å². The van der Waals surface area contributed by atoms with Gasteiger partial charge in [-0.1, -0.05) is 34.1 Å². The molecule has 1 N–H and O–H groups in total. The van der Waals surface area contributed by atoms with E-state index in [-0.39, 0.29) is 17.3 Å². The molecule has 0 unspecified atom stereocenters. The van der Waals surface area contributed by atoms with E-state index in [1.807, 2.05) is 0 Å². The Balaban J connectivity index is 2.14. The van der Waals surface area contributed by atoms with Crippen molar-refractivity contribution in [2.24, 2.45) is 0 Å². The molecule has 0 bridgehead atoms. The molecule has 0 fully saturated rings. The van der Waals surface area contributed by atoms with Crippen molar-refractivity contribution in [2.75, 3.05) is 0 Å². The van der Waals surface area contributed by atoms with Crippen LogP contribution in [-0.2, 0) is 20.9 Å². The van der Waals surface area contributed by atoms with Crippen LogP contribution in [0.15, 0.2) is 57.9 Å². The minimum atomic E-state index is -3.81. The van der Waals surface area contributed by atoms with Crippen LogP contribution in [0, 0.1) is 0 Å². The Kier molecular flexibility index (Phi) is 4.24. The third-order valence-corrected chi connectivity index (χ3v) is 4.13. The van der Waals surface area contributed by atoms with Crippen LogP contribution in [0.1, 0.15) is 5.56 Å². The number of phenols is 1. The molecule has 100 valence electrons. The number of hydrogen-bond acceptors (Lipinski definition) is 4. The largest absolute Gasteiger partial charge is 0.508 e. The summed E-state index contributed by atoms with van der Waals surface area (Å²) < 4.78 is 29.5. The number of aromatic hydroxyl groups is 1. The van der Waals surface area contributed by atoms with Gasteiger partial charge < -0.3 is 5.11 Å². The molecule has 2 aromatic rings. The van der Waals surface area contributed by atoms with E-state index in [2.05, 4.69) is 15.9 Å². The van der Waals surface area contributed by atoms with E-state index in [1.165, 1.54) is 24.3 Å². The van der Waals surface area contributed by atoms with E-state index in [0.29, 0.717) is 10.0 Å². The Bertz CT molecular complexity index is 683. The van der Waals surface area contributed by atoms with Gasteiger partial charge in [0, 0.05) is 4.47 Å². The quantitative estimate of drug-likeness (QED) is 0.867. The summed E-state index contributed by atoms with van der Waals surface area (Å²) in [5.74, 6) is 0.0703. The van der Waals surface area contributed by atoms with Gasteiger partial charge in [0.25, 0.3) is 10.1 Å². The first kappa shape index (κ1) is 14.0. The fourth-order valence-corrected chi connectivity index (χ4v) is 2.98. The molecule has 0 aliphatic heterocycles. The lowest BCUT2D eigenvalue weighted by Crippen LogP contribution is -2.06. The SMILES string of the molecule is O=S(=O)(OCc1cccc(O)c1)c1cccc(Br)c1. The summed E-state index contributed by atoms with van der Waals surface area (Å²) in [4.78, 5) is 0.0852. The van der Waals surface area contributed by atoms with Crippen LogP contribution < -0.4 is 0 Å². The van der Waals surface area contributed by atoms with Gasteiger partial charge in [0.15, 0.2) is 0 Å². The van der Waals surface area contributed by atoms with E-state index in [0.717, 1.165) is 0 Å². The molecule has 0 saturated heterocycles. The molecule has 0 aliphatic carbocycles. The van der Waals surface area contributed by atoms with Crippen molar-refractivity contribution in [1.29, 1.82) is 0 Å². The van der Waals surface area contributed by atoms with Crippen LogP contribution in [0.5, 0.6) is 5.75 Å². The predicted molar refractivity (Wildman–Crippen MR) is 74.2 cm³/mol. The highest BCUT2D eigenvalue weighted by Gasteiger charge is 2.15. The zero-order valence-corrected chi connectivity index (χ0v) is 12.2. The molecule has 0 spiro atoms. The van der Waals surface area contributed by atoms with Crippen molar-refractivity contribution in [3.63, 3.8) is 0 Å². The smallest absolute Gasteiger partial charge is 0.297 e. The maximum atomic E-state index is 11.9. The molecule has 0 atom stereocenters. The van der Waals surface area contributed by atoms with E-state index in [4.69, 9.17) is 4.18 Å². The monoisotopic (exact) mass is 342 g/mol. The highest BCUT2D eigenvalue weighted by atomic mass is 79.9. The van der Waals surface area contributed by atoms with Crippen molar-refractivity contribution in [3.05, 3.63) is 58.6 Å². The number of phenolic OH excluding ortho intramolecular Hbond substituents is 1. The van der Waals surface area contributed by atoms with Crippen LogP contribution >= 0.6 is 15.9 Å². The van der Waals surface area contributed by atoms with Crippen molar-refractivity contribution in [1.82, 2.24) is 0 Å². The van der Waals surface area contributed by atoms with Gasteiger partial charge in [-0.05, 0) is 35.9 Å². The van der Waals surface area contributed by atoms with Gasteiger partial charge in [-0.2, -0.15) is 8.42 Å². The normalized spacial score (nSPS) is 11.4. The summed E-state index contributed by atoms with van der Waals surface area (Å²) >= 11 is 3.21. The fraction of sp³-hybridized carbons (Fsp3) is 0.0769. The number of hydrogen-bond donors (Lipinski definition) is 1. The van der Waals surface area contributed by atoms with Crippen LogP contribution in [0.4, 0.5) is 0 Å². The molecular weight excluding hydrogens is 332 g/mol. The lowest BCUT2D eigenvalue weighted by molar-refractivity contribution is 0.307. The average Bonchev–Trinajstić information content (AvgIpc) is 2.37. The predicted octanol–water partition coefficient (Wildman–Crippen LogP) is 3.06. The first-order valence-corrected chi connectivity index (χ1v) is 7.60. The molecule has 2 rings (SSSR count). The molecule has 4 nitrogen and oxygen atoms in total. The number of halogens is 1. The van der Waals surface area contributed by atoms with E-state index >= 15 is 0 Å². The van der Waals surface area contributed by atoms with Crippen LogP contribution in [0.3, 0.4) is 0 Å². The standard InChI is InChI=1S/C13H11BrO4S/c14-11-4-2-6-13(8-11)19(16,17)18-9-10-3-1-5-12(15)7-10/h1-8,15H,9H2. The van der Waals surface area contributed by atoms with Gasteiger partial charge >= 0.3 is 0 Å². The molecule has 0 heterocycles. The second-order valence-corrected chi connectivity index (χ2v) is 6.37. The van der Waals surface area contributed by atoms with E-state index in [9.17, 15) is 13.5 Å². The third kappa shape index (κ3) is 3.79. The molecule has 0 amide bonds. The maximum Gasteiger partial charge on any atom is 0.297 e. The number of benzene rings is 2. The van der Waals surface area contributed by atoms with Gasteiger partial charge in [0.1, 0.15) is 5.75 Å². The Morgan fingerprint density at radius 3 is 2.53 bits per heavy atom. The molecule has 0 aliphatic rings. The van der Waals surface area contributed by atoms with Crippen molar-refractivity contribution < 1.29 is 17.7 Å². The maximum absolute atomic E-state index is 11.9. The number of rotatable bonds is 4. The molecule has 0 radical (unpaired) electrons. The Hall–Kier alpha value is -1.37. The summed E-state index contributed by atoms with van der Waals surface area (Å²) in [6.45, 7) is -0.122. The van der Waals surface area contributed by atoms with E-state index < -0.39 is 10.1 Å². The summed E-state index contributed by atoms with van der Waals surface area (Å²) in [7, 11) is -3.81. The Morgan fingerprint density at radius 1 is 1.11 bits per heavy atom.